The van der Waals surface area contributed by atoms with Crippen molar-refractivity contribution in [1.82, 2.24) is 4.90 Å². The van der Waals surface area contributed by atoms with Crippen molar-refractivity contribution in [2.45, 2.75) is 69.3 Å². The van der Waals surface area contributed by atoms with Gasteiger partial charge in [0.05, 0.1) is 25.4 Å². The first kappa shape index (κ1) is 19.1. The summed E-state index contributed by atoms with van der Waals surface area (Å²) >= 11 is 0. The molecule has 6 heteroatoms. The van der Waals surface area contributed by atoms with Crippen LogP contribution >= 0.6 is 0 Å². The lowest BCUT2D eigenvalue weighted by molar-refractivity contribution is -0.146. The van der Waals surface area contributed by atoms with Crippen LogP contribution in [0.5, 0.6) is 0 Å². The molecule has 0 unspecified atom stereocenters. The number of likely N-dealkylation sites (tertiary alicyclic amines) is 1. The van der Waals surface area contributed by atoms with E-state index in [1.807, 2.05) is 4.90 Å². The average Bonchev–Trinajstić information content (AvgIpc) is 2.58. The largest absolute Gasteiger partial charge is 0.395 e. The summed E-state index contributed by atoms with van der Waals surface area (Å²) in [6.45, 7) is 2.25. The number of nitrogens with zero attached hydrogens (tertiary/aromatic N) is 1. The van der Waals surface area contributed by atoms with E-state index in [9.17, 15) is 20.4 Å². The Morgan fingerprint density at radius 2 is 1.54 bits per heavy atom. The highest BCUT2D eigenvalue weighted by atomic mass is 16.5. The quantitative estimate of drug-likeness (QED) is 0.485. The molecule has 1 heterocycles. The molecule has 0 aromatic heterocycles. The van der Waals surface area contributed by atoms with Gasteiger partial charge in [-0.1, -0.05) is 0 Å². The second-order valence-corrected chi connectivity index (χ2v) is 9.62. The van der Waals surface area contributed by atoms with E-state index in [0.717, 1.165) is 30.8 Å². The van der Waals surface area contributed by atoms with Crippen LogP contribution < -0.4 is 0 Å². The number of ether oxygens (including phenoxy) is 1. The van der Waals surface area contributed by atoms with Gasteiger partial charge in [0, 0.05) is 19.7 Å². The maximum Gasteiger partial charge on any atom is 0.109 e. The Morgan fingerprint density at radius 3 is 2.12 bits per heavy atom. The summed E-state index contributed by atoms with van der Waals surface area (Å²) in [4.78, 5) is 1.87. The van der Waals surface area contributed by atoms with Gasteiger partial charge in [0.15, 0.2) is 0 Å². The topological polar surface area (TPSA) is 93.4 Å². The molecule has 4 aliphatic carbocycles. The first-order chi connectivity index (χ1) is 12.5. The molecule has 26 heavy (non-hydrogen) atoms. The van der Waals surface area contributed by atoms with E-state index in [-0.39, 0.29) is 13.2 Å². The number of aliphatic hydroxyl groups excluding tert-OH is 4. The van der Waals surface area contributed by atoms with Crippen molar-refractivity contribution in [2.24, 2.45) is 23.2 Å². The van der Waals surface area contributed by atoms with Gasteiger partial charge in [-0.2, -0.15) is 0 Å². The van der Waals surface area contributed by atoms with E-state index in [1.54, 1.807) is 0 Å². The van der Waals surface area contributed by atoms with Gasteiger partial charge in [0.2, 0.25) is 0 Å². The number of aliphatic hydroxyl groups is 4. The van der Waals surface area contributed by atoms with E-state index in [0.29, 0.717) is 18.6 Å². The summed E-state index contributed by atoms with van der Waals surface area (Å²) < 4.78 is 6.09. The molecule has 4 N–H and O–H groups in total. The first-order valence-electron chi connectivity index (χ1n) is 10.5. The van der Waals surface area contributed by atoms with Gasteiger partial charge in [-0.3, -0.25) is 4.90 Å². The summed E-state index contributed by atoms with van der Waals surface area (Å²) in [5.74, 6) is 2.83. The normalized spacial score (nSPS) is 48.2. The van der Waals surface area contributed by atoms with Gasteiger partial charge < -0.3 is 25.2 Å². The van der Waals surface area contributed by atoms with Crippen LogP contribution in [0.25, 0.3) is 0 Å². The predicted octanol–water partition coefficient (Wildman–Crippen LogP) is 0.369. The molecule has 6 nitrogen and oxygen atoms in total. The van der Waals surface area contributed by atoms with Crippen molar-refractivity contribution in [3.8, 4) is 0 Å². The van der Waals surface area contributed by atoms with Crippen LogP contribution in [0.4, 0.5) is 0 Å². The van der Waals surface area contributed by atoms with Gasteiger partial charge in [-0.15, -0.1) is 0 Å². The predicted molar refractivity (Wildman–Crippen MR) is 96.5 cm³/mol. The minimum absolute atomic E-state index is 0.223. The Bertz CT molecular complexity index is 452. The van der Waals surface area contributed by atoms with Crippen LogP contribution in [-0.2, 0) is 4.74 Å². The highest BCUT2D eigenvalue weighted by Gasteiger charge is 2.50. The van der Waals surface area contributed by atoms with Gasteiger partial charge in [-0.25, -0.2) is 0 Å². The third kappa shape index (κ3) is 3.69. The molecule has 1 aliphatic heterocycles. The molecule has 0 radical (unpaired) electrons. The smallest absolute Gasteiger partial charge is 0.109 e. The van der Waals surface area contributed by atoms with Crippen molar-refractivity contribution in [2.75, 3.05) is 32.9 Å². The Hall–Kier alpha value is -0.240. The van der Waals surface area contributed by atoms with Crippen molar-refractivity contribution in [3.05, 3.63) is 0 Å². The number of hydrogen-bond donors (Lipinski definition) is 4. The molecule has 0 aromatic carbocycles. The zero-order valence-electron chi connectivity index (χ0n) is 15.7. The van der Waals surface area contributed by atoms with E-state index in [4.69, 9.17) is 4.74 Å². The average molecular weight is 370 g/mol. The van der Waals surface area contributed by atoms with Crippen LogP contribution in [0.15, 0.2) is 0 Å². The van der Waals surface area contributed by atoms with Gasteiger partial charge in [0.25, 0.3) is 0 Å². The molecule has 150 valence electrons. The molecular formula is C20H35NO5. The lowest BCUT2D eigenvalue weighted by Gasteiger charge is -2.56. The molecule has 5 rings (SSSR count). The summed E-state index contributed by atoms with van der Waals surface area (Å²) in [6, 6.07) is -0.517. The molecule has 4 atom stereocenters. The Balaban J connectivity index is 1.21. The Labute approximate surface area is 156 Å². The summed E-state index contributed by atoms with van der Waals surface area (Å²) in [5, 5.41) is 39.2. The highest BCUT2D eigenvalue weighted by molar-refractivity contribution is 5.01. The maximum atomic E-state index is 10.0. The standard InChI is InChI=1S/C20H35NO5/c22-11-16-18(24)19(25)17(23)10-21(16)2-1-3-26-12-20-7-13-4-14(8-20)6-15(5-13)9-20/h13-19,22-25H,1-12H2/t13?,14?,15?,16-,17+,18-,19-,20?/m1/s1. The van der Waals surface area contributed by atoms with Crippen LogP contribution in [0.2, 0.25) is 0 Å². The van der Waals surface area contributed by atoms with Crippen molar-refractivity contribution >= 4 is 0 Å². The zero-order valence-corrected chi connectivity index (χ0v) is 15.7. The monoisotopic (exact) mass is 369 g/mol. The molecular weight excluding hydrogens is 334 g/mol. The first-order valence-corrected chi connectivity index (χ1v) is 10.5. The Kier molecular flexibility index (Phi) is 5.61. The summed E-state index contributed by atoms with van der Waals surface area (Å²) in [6.07, 6.45) is 5.95. The van der Waals surface area contributed by atoms with E-state index in [2.05, 4.69) is 0 Å². The zero-order chi connectivity index (χ0) is 18.3. The van der Waals surface area contributed by atoms with Crippen molar-refractivity contribution in [1.29, 1.82) is 0 Å². The minimum atomic E-state index is -1.18. The van der Waals surface area contributed by atoms with Crippen LogP contribution in [0.1, 0.15) is 44.9 Å². The maximum absolute atomic E-state index is 10.0. The third-order valence-corrected chi connectivity index (χ3v) is 7.52. The van der Waals surface area contributed by atoms with Crippen molar-refractivity contribution < 1.29 is 25.2 Å². The fourth-order valence-corrected chi connectivity index (χ4v) is 6.76. The SMILES string of the molecule is OC[C@@H]1[C@@H](O)[C@H](O)[C@@H](O)CN1CCCOCC12CC3CC(CC(C3)C1)C2. The van der Waals surface area contributed by atoms with Gasteiger partial charge >= 0.3 is 0 Å². The van der Waals surface area contributed by atoms with Crippen LogP contribution in [0, 0.1) is 23.2 Å². The lowest BCUT2D eigenvalue weighted by Crippen LogP contribution is -2.62. The van der Waals surface area contributed by atoms with E-state index in [1.165, 1.54) is 38.5 Å². The van der Waals surface area contributed by atoms with Crippen LogP contribution in [-0.4, -0.2) is 82.6 Å². The highest BCUT2D eigenvalue weighted by Crippen LogP contribution is 2.60. The molecule has 5 fully saturated rings. The Morgan fingerprint density at radius 1 is 0.923 bits per heavy atom. The fraction of sp³-hybridized carbons (Fsp3) is 1.00. The lowest BCUT2D eigenvalue weighted by atomic mass is 9.50. The molecule has 4 saturated carbocycles. The second kappa shape index (κ2) is 7.64. The fourth-order valence-electron chi connectivity index (χ4n) is 6.76. The molecule has 5 aliphatic rings. The van der Waals surface area contributed by atoms with E-state index >= 15 is 0 Å². The van der Waals surface area contributed by atoms with Gasteiger partial charge in [-0.05, 0) is 68.1 Å². The number of piperidine rings is 1. The summed E-state index contributed by atoms with van der Waals surface area (Å²) in [5.41, 5.74) is 0.435. The third-order valence-electron chi connectivity index (χ3n) is 7.52. The van der Waals surface area contributed by atoms with E-state index < -0.39 is 24.4 Å². The molecule has 0 amide bonds. The molecule has 0 aromatic rings. The number of hydrogen-bond acceptors (Lipinski definition) is 6. The number of β-amino-alcohol motifs (C(OH)–C–C–N with tert-alkyl or cyclic N) is 1. The van der Waals surface area contributed by atoms with Crippen molar-refractivity contribution in [3.63, 3.8) is 0 Å². The minimum Gasteiger partial charge on any atom is -0.395 e. The number of rotatable bonds is 7. The molecule has 4 bridgehead atoms. The molecule has 0 spiro atoms. The van der Waals surface area contributed by atoms with Gasteiger partial charge in [0.1, 0.15) is 12.2 Å². The summed E-state index contributed by atoms with van der Waals surface area (Å²) in [7, 11) is 0. The van der Waals surface area contributed by atoms with Crippen LogP contribution in [0.3, 0.4) is 0 Å². The molecule has 1 saturated heterocycles. The second-order valence-electron chi connectivity index (χ2n) is 9.62.